The minimum atomic E-state index is 0.275. The van der Waals surface area contributed by atoms with Crippen LogP contribution in [0.15, 0.2) is 47.1 Å². The number of hydrogen-bond donors (Lipinski definition) is 0. The number of rotatable bonds is 3. The lowest BCUT2D eigenvalue weighted by atomic mass is 10.1. The third-order valence-corrected chi connectivity index (χ3v) is 3.92. The number of aromatic nitrogens is 2. The molecule has 0 aliphatic heterocycles. The summed E-state index contributed by atoms with van der Waals surface area (Å²) in [7, 11) is 1.63. The molecule has 4 nitrogen and oxygen atoms in total. The third kappa shape index (κ3) is 2.28. The van der Waals surface area contributed by atoms with Crippen molar-refractivity contribution in [2.24, 2.45) is 0 Å². The normalized spacial score (nSPS) is 10.5. The molecular formula is C16H12BrN3O. The average Bonchev–Trinajstić information content (AvgIpc) is 2.87. The molecule has 0 aliphatic rings. The second kappa shape index (κ2) is 5.58. The van der Waals surface area contributed by atoms with Gasteiger partial charge in [0.05, 0.1) is 35.6 Å². The number of para-hydroxylation sites is 1. The molecule has 0 saturated heterocycles. The van der Waals surface area contributed by atoms with E-state index >= 15 is 0 Å². The highest BCUT2D eigenvalue weighted by Gasteiger charge is 2.17. The highest BCUT2D eigenvalue weighted by molar-refractivity contribution is 9.10. The van der Waals surface area contributed by atoms with E-state index in [9.17, 15) is 0 Å². The van der Waals surface area contributed by atoms with Gasteiger partial charge in [-0.15, -0.1) is 0 Å². The Hall–Kier alpha value is -2.32. The number of nitrogens with zero attached hydrogens (tertiary/aromatic N) is 3. The number of ether oxygens (including phenoxy) is 1. The highest BCUT2D eigenvalue weighted by atomic mass is 79.9. The van der Waals surface area contributed by atoms with Gasteiger partial charge in [-0.25, -0.2) is 4.98 Å². The number of benzene rings is 1. The van der Waals surface area contributed by atoms with Crippen LogP contribution in [-0.4, -0.2) is 16.5 Å². The van der Waals surface area contributed by atoms with Gasteiger partial charge in [0.1, 0.15) is 11.4 Å². The highest BCUT2D eigenvalue weighted by Crippen LogP contribution is 2.33. The second-order valence-electron chi connectivity index (χ2n) is 4.48. The maximum atomic E-state index is 9.15. The summed E-state index contributed by atoms with van der Waals surface area (Å²) in [5.41, 5.74) is 3.32. The van der Waals surface area contributed by atoms with E-state index in [4.69, 9.17) is 10.00 Å². The molecule has 0 atom stereocenters. The largest absolute Gasteiger partial charge is 0.496 e. The number of halogens is 1. The first kappa shape index (κ1) is 13.7. The summed E-state index contributed by atoms with van der Waals surface area (Å²) in [6, 6.07) is 15.7. The van der Waals surface area contributed by atoms with E-state index in [1.807, 2.05) is 46.9 Å². The first-order chi connectivity index (χ1) is 10.3. The minimum absolute atomic E-state index is 0.275. The summed E-state index contributed by atoms with van der Waals surface area (Å²) < 4.78 is 8.24. The van der Waals surface area contributed by atoms with Crippen LogP contribution in [0.1, 0.15) is 5.69 Å². The van der Waals surface area contributed by atoms with E-state index in [0.717, 1.165) is 33.0 Å². The van der Waals surface area contributed by atoms with Gasteiger partial charge in [-0.05, 0) is 40.2 Å². The Kier molecular flexibility index (Phi) is 3.63. The monoisotopic (exact) mass is 341 g/mol. The molecule has 104 valence electrons. The minimum Gasteiger partial charge on any atom is -0.496 e. The van der Waals surface area contributed by atoms with Crippen LogP contribution in [-0.2, 0) is 6.42 Å². The molecule has 0 aliphatic carbocycles. The van der Waals surface area contributed by atoms with Crippen LogP contribution in [0.3, 0.4) is 0 Å². The molecule has 0 spiro atoms. The van der Waals surface area contributed by atoms with Crippen LogP contribution in [0.2, 0.25) is 0 Å². The molecule has 1 aromatic carbocycles. The lowest BCUT2D eigenvalue weighted by Gasteiger charge is -2.07. The molecule has 0 saturated carbocycles. The van der Waals surface area contributed by atoms with E-state index in [1.165, 1.54) is 0 Å². The first-order valence-electron chi connectivity index (χ1n) is 6.42. The Labute approximate surface area is 130 Å². The third-order valence-electron chi connectivity index (χ3n) is 3.30. The van der Waals surface area contributed by atoms with Gasteiger partial charge in [0.15, 0.2) is 0 Å². The Balaban J connectivity index is 2.35. The van der Waals surface area contributed by atoms with Crippen LogP contribution >= 0.6 is 15.9 Å². The van der Waals surface area contributed by atoms with Gasteiger partial charge in [-0.3, -0.25) is 4.40 Å². The van der Waals surface area contributed by atoms with Crippen molar-refractivity contribution in [3.8, 4) is 23.1 Å². The molecule has 2 aromatic heterocycles. The van der Waals surface area contributed by atoms with E-state index in [0.29, 0.717) is 0 Å². The maximum absolute atomic E-state index is 9.15. The zero-order chi connectivity index (χ0) is 14.8. The number of fused-ring (bicyclic) bond motifs is 1. The number of methoxy groups -OCH3 is 1. The van der Waals surface area contributed by atoms with Gasteiger partial charge >= 0.3 is 0 Å². The van der Waals surface area contributed by atoms with Gasteiger partial charge in [-0.1, -0.05) is 18.2 Å². The second-order valence-corrected chi connectivity index (χ2v) is 5.30. The summed E-state index contributed by atoms with van der Waals surface area (Å²) in [5, 5.41) is 9.15. The predicted octanol–water partition coefficient (Wildman–Crippen LogP) is 3.84. The molecule has 0 radical (unpaired) electrons. The first-order valence-corrected chi connectivity index (χ1v) is 7.21. The van der Waals surface area contributed by atoms with Crippen molar-refractivity contribution in [3.63, 3.8) is 0 Å². The molecule has 0 unspecified atom stereocenters. The van der Waals surface area contributed by atoms with Crippen molar-refractivity contribution in [2.45, 2.75) is 6.42 Å². The molecule has 5 heteroatoms. The smallest absolute Gasteiger partial charge is 0.138 e. The van der Waals surface area contributed by atoms with Gasteiger partial charge in [-0.2, -0.15) is 5.26 Å². The zero-order valence-electron chi connectivity index (χ0n) is 11.4. The molecular weight excluding hydrogens is 330 g/mol. The van der Waals surface area contributed by atoms with Gasteiger partial charge in [0.2, 0.25) is 0 Å². The average molecular weight is 342 g/mol. The Morgan fingerprint density at radius 3 is 2.81 bits per heavy atom. The van der Waals surface area contributed by atoms with Crippen molar-refractivity contribution < 1.29 is 4.74 Å². The summed E-state index contributed by atoms with van der Waals surface area (Å²) in [5.74, 6) is 0.746. The van der Waals surface area contributed by atoms with E-state index in [2.05, 4.69) is 27.0 Å². The summed E-state index contributed by atoms with van der Waals surface area (Å²) in [4.78, 5) is 4.67. The molecule has 2 heterocycles. The van der Waals surface area contributed by atoms with E-state index in [-0.39, 0.29) is 6.42 Å². The lowest BCUT2D eigenvalue weighted by molar-refractivity contribution is 0.416. The Morgan fingerprint density at radius 2 is 2.05 bits per heavy atom. The Morgan fingerprint density at radius 1 is 1.24 bits per heavy atom. The number of pyridine rings is 1. The number of hydrogen-bond acceptors (Lipinski definition) is 3. The lowest BCUT2D eigenvalue weighted by Crippen LogP contribution is -1.96. The van der Waals surface area contributed by atoms with Crippen molar-refractivity contribution in [1.82, 2.24) is 9.38 Å². The fourth-order valence-electron chi connectivity index (χ4n) is 2.41. The summed E-state index contributed by atoms with van der Waals surface area (Å²) in [6.07, 6.45) is 0.275. The van der Waals surface area contributed by atoms with Gasteiger partial charge < -0.3 is 4.74 Å². The maximum Gasteiger partial charge on any atom is 0.138 e. The van der Waals surface area contributed by atoms with Crippen LogP contribution < -0.4 is 4.74 Å². The molecule has 21 heavy (non-hydrogen) atoms. The molecule has 0 bridgehead atoms. The van der Waals surface area contributed by atoms with E-state index < -0.39 is 0 Å². The topological polar surface area (TPSA) is 50.3 Å². The molecule has 3 aromatic rings. The summed E-state index contributed by atoms with van der Waals surface area (Å²) >= 11 is 3.52. The van der Waals surface area contributed by atoms with Crippen molar-refractivity contribution in [2.75, 3.05) is 7.11 Å². The number of imidazole rings is 1. The molecule has 0 fully saturated rings. The van der Waals surface area contributed by atoms with Crippen molar-refractivity contribution in [1.29, 1.82) is 5.26 Å². The molecule has 3 rings (SSSR count). The molecule has 0 amide bonds. The van der Waals surface area contributed by atoms with E-state index in [1.54, 1.807) is 7.11 Å². The van der Waals surface area contributed by atoms with Crippen molar-refractivity contribution in [3.05, 3.63) is 52.8 Å². The van der Waals surface area contributed by atoms with Crippen molar-refractivity contribution >= 4 is 21.6 Å². The molecule has 0 N–H and O–H groups in total. The predicted molar refractivity (Wildman–Crippen MR) is 84.2 cm³/mol. The van der Waals surface area contributed by atoms with Gasteiger partial charge in [0, 0.05) is 5.56 Å². The quantitative estimate of drug-likeness (QED) is 0.680. The fraction of sp³-hybridized carbons (Fsp3) is 0.125. The van der Waals surface area contributed by atoms with Crippen LogP contribution in [0.25, 0.3) is 16.9 Å². The van der Waals surface area contributed by atoms with Crippen LogP contribution in [0, 0.1) is 11.3 Å². The number of nitriles is 1. The standard InChI is InChI=1S/C16H12BrN3O/c1-21-13-6-3-2-5-11(13)16-12(9-10-18)20-14(17)7-4-8-15(20)19-16/h2-8H,9H2,1H3. The van der Waals surface area contributed by atoms with Crippen LogP contribution in [0.4, 0.5) is 0 Å². The Bertz CT molecular complexity index is 848. The SMILES string of the molecule is COc1ccccc1-c1nc2cccc(Br)n2c1CC#N. The zero-order valence-corrected chi connectivity index (χ0v) is 13.0. The summed E-state index contributed by atoms with van der Waals surface area (Å²) in [6.45, 7) is 0. The van der Waals surface area contributed by atoms with Crippen LogP contribution in [0.5, 0.6) is 5.75 Å². The fourth-order valence-corrected chi connectivity index (χ4v) is 2.95. The van der Waals surface area contributed by atoms with Gasteiger partial charge in [0.25, 0.3) is 0 Å².